The molecule has 0 atom stereocenters. The van der Waals surface area contributed by atoms with Crippen molar-refractivity contribution in [2.24, 2.45) is 0 Å². The summed E-state index contributed by atoms with van der Waals surface area (Å²) < 4.78 is 5.21. The van der Waals surface area contributed by atoms with E-state index in [2.05, 4.69) is 9.97 Å². The van der Waals surface area contributed by atoms with Gasteiger partial charge in [-0.2, -0.15) is 0 Å². The first-order valence-corrected chi connectivity index (χ1v) is 9.30. The number of morpholine rings is 1. The van der Waals surface area contributed by atoms with Crippen molar-refractivity contribution in [3.63, 3.8) is 0 Å². The number of rotatable bonds is 7. The number of hydrogen-bond acceptors (Lipinski definition) is 6. The number of nitrogens with zero attached hydrogens (tertiary/aromatic N) is 3. The number of aromatic amines is 1. The van der Waals surface area contributed by atoms with Gasteiger partial charge < -0.3 is 19.5 Å². The summed E-state index contributed by atoms with van der Waals surface area (Å²) in [5.74, 6) is -0.151. The fourth-order valence-electron chi connectivity index (χ4n) is 2.38. The third-order valence-corrected chi connectivity index (χ3v) is 4.63. The molecule has 25 heavy (non-hydrogen) atoms. The van der Waals surface area contributed by atoms with E-state index in [1.807, 2.05) is 6.92 Å². The Bertz CT molecular complexity index is 658. The number of thioether (sulfide) groups is 1. The highest BCUT2D eigenvalue weighted by Crippen LogP contribution is 2.12. The second-order valence-electron chi connectivity index (χ2n) is 5.82. The first-order chi connectivity index (χ1) is 12.0. The van der Waals surface area contributed by atoms with Gasteiger partial charge in [0.1, 0.15) is 0 Å². The molecule has 2 amide bonds. The molecule has 0 aromatic carbocycles. The molecule has 1 fully saturated rings. The maximum Gasteiger partial charge on any atom is 0.251 e. The van der Waals surface area contributed by atoms with Gasteiger partial charge in [0.15, 0.2) is 5.16 Å². The van der Waals surface area contributed by atoms with Crippen LogP contribution in [0.1, 0.15) is 19.0 Å². The number of amides is 2. The molecule has 1 aliphatic rings. The van der Waals surface area contributed by atoms with Gasteiger partial charge >= 0.3 is 0 Å². The number of carbonyl (C=O) groups is 2. The molecular formula is C16H24N4O4S. The summed E-state index contributed by atoms with van der Waals surface area (Å²) in [6.45, 7) is 4.24. The molecule has 0 bridgehead atoms. The monoisotopic (exact) mass is 368 g/mol. The van der Waals surface area contributed by atoms with Gasteiger partial charge in [0.2, 0.25) is 11.8 Å². The van der Waals surface area contributed by atoms with E-state index in [9.17, 15) is 14.4 Å². The van der Waals surface area contributed by atoms with Gasteiger partial charge in [0, 0.05) is 31.9 Å². The molecule has 0 spiro atoms. The van der Waals surface area contributed by atoms with Gasteiger partial charge in [0.25, 0.3) is 5.56 Å². The lowest BCUT2D eigenvalue weighted by Crippen LogP contribution is -2.46. The lowest BCUT2D eigenvalue weighted by atomic mass is 10.2. The van der Waals surface area contributed by atoms with Crippen LogP contribution in [0.5, 0.6) is 0 Å². The van der Waals surface area contributed by atoms with Gasteiger partial charge in [-0.3, -0.25) is 14.4 Å². The van der Waals surface area contributed by atoms with E-state index in [0.717, 1.165) is 18.5 Å². The number of hydrogen-bond donors (Lipinski definition) is 1. The molecule has 9 heteroatoms. The lowest BCUT2D eigenvalue weighted by molar-refractivity contribution is -0.140. The van der Waals surface area contributed by atoms with E-state index in [1.54, 1.807) is 11.9 Å². The van der Waals surface area contributed by atoms with E-state index >= 15 is 0 Å². The Balaban J connectivity index is 1.84. The topological polar surface area (TPSA) is 95.6 Å². The smallest absolute Gasteiger partial charge is 0.251 e. The predicted octanol–water partition coefficient (Wildman–Crippen LogP) is 0.132. The molecule has 2 heterocycles. The van der Waals surface area contributed by atoms with Crippen LogP contribution in [0.4, 0.5) is 0 Å². The van der Waals surface area contributed by atoms with Crippen molar-refractivity contribution in [1.29, 1.82) is 0 Å². The average molecular weight is 368 g/mol. The summed E-state index contributed by atoms with van der Waals surface area (Å²) in [6, 6.07) is 1.47. The summed E-state index contributed by atoms with van der Waals surface area (Å²) in [4.78, 5) is 46.1. The van der Waals surface area contributed by atoms with Crippen LogP contribution >= 0.6 is 11.8 Å². The highest BCUT2D eigenvalue weighted by atomic mass is 32.2. The second kappa shape index (κ2) is 9.57. The Morgan fingerprint density at radius 3 is 2.80 bits per heavy atom. The minimum Gasteiger partial charge on any atom is -0.378 e. The summed E-state index contributed by atoms with van der Waals surface area (Å²) in [7, 11) is 1.60. The standard InChI is InChI=1S/C16H24N4O4S/c1-3-4-12-9-13(21)18-16(17-12)25-11-15(23)19(2)10-14(22)20-5-7-24-8-6-20/h9H,3-8,10-11H2,1-2H3,(H,17,18,21). The molecule has 138 valence electrons. The molecule has 1 aromatic rings. The summed E-state index contributed by atoms with van der Waals surface area (Å²) in [5, 5.41) is 0.428. The minimum atomic E-state index is -0.218. The fraction of sp³-hybridized carbons (Fsp3) is 0.625. The SMILES string of the molecule is CCCc1cc(=O)[nH]c(SCC(=O)N(C)CC(=O)N2CCOCC2)n1. The minimum absolute atomic E-state index is 0.0409. The van der Waals surface area contributed by atoms with Crippen molar-refractivity contribution in [2.75, 3.05) is 45.6 Å². The molecule has 1 aromatic heterocycles. The number of likely N-dealkylation sites (N-methyl/N-ethyl adjacent to an activating group) is 1. The van der Waals surface area contributed by atoms with Crippen LogP contribution in [0.2, 0.25) is 0 Å². The Morgan fingerprint density at radius 2 is 2.12 bits per heavy atom. The molecule has 0 radical (unpaired) electrons. The Hall–Kier alpha value is -1.87. The van der Waals surface area contributed by atoms with E-state index < -0.39 is 0 Å². The molecule has 0 aliphatic carbocycles. The van der Waals surface area contributed by atoms with Gasteiger partial charge in [0.05, 0.1) is 25.5 Å². The van der Waals surface area contributed by atoms with Crippen molar-refractivity contribution in [1.82, 2.24) is 19.8 Å². The first kappa shape index (κ1) is 19.5. The van der Waals surface area contributed by atoms with Crippen molar-refractivity contribution >= 4 is 23.6 Å². The molecule has 0 unspecified atom stereocenters. The van der Waals surface area contributed by atoms with E-state index in [4.69, 9.17) is 4.74 Å². The molecule has 1 aliphatic heterocycles. The quantitative estimate of drug-likeness (QED) is 0.543. The van der Waals surface area contributed by atoms with E-state index in [-0.39, 0.29) is 29.7 Å². The third-order valence-electron chi connectivity index (χ3n) is 3.77. The van der Waals surface area contributed by atoms with Crippen LogP contribution in [0.3, 0.4) is 0 Å². The fourth-order valence-corrected chi connectivity index (χ4v) is 3.22. The number of nitrogens with one attached hydrogen (secondary N) is 1. The van der Waals surface area contributed by atoms with E-state index in [0.29, 0.717) is 31.5 Å². The highest BCUT2D eigenvalue weighted by Gasteiger charge is 2.20. The maximum atomic E-state index is 12.2. The Morgan fingerprint density at radius 1 is 1.40 bits per heavy atom. The van der Waals surface area contributed by atoms with Crippen LogP contribution in [0, 0.1) is 0 Å². The van der Waals surface area contributed by atoms with E-state index in [1.165, 1.54) is 22.7 Å². The molecular weight excluding hydrogens is 344 g/mol. The van der Waals surface area contributed by atoms with Crippen molar-refractivity contribution in [3.8, 4) is 0 Å². The zero-order valence-corrected chi connectivity index (χ0v) is 15.4. The van der Waals surface area contributed by atoms with Crippen LogP contribution in [-0.2, 0) is 20.7 Å². The second-order valence-corrected chi connectivity index (χ2v) is 6.79. The maximum absolute atomic E-state index is 12.2. The zero-order chi connectivity index (χ0) is 18.2. The number of H-pyrrole nitrogens is 1. The molecule has 1 N–H and O–H groups in total. The predicted molar refractivity (Wildman–Crippen MR) is 94.6 cm³/mol. The first-order valence-electron chi connectivity index (χ1n) is 8.32. The number of ether oxygens (including phenoxy) is 1. The zero-order valence-electron chi connectivity index (χ0n) is 14.6. The number of aryl methyl sites for hydroxylation is 1. The van der Waals surface area contributed by atoms with Crippen molar-refractivity contribution in [3.05, 3.63) is 22.1 Å². The van der Waals surface area contributed by atoms with Crippen LogP contribution in [0.15, 0.2) is 16.0 Å². The summed E-state index contributed by atoms with van der Waals surface area (Å²) in [6.07, 6.45) is 1.62. The summed E-state index contributed by atoms with van der Waals surface area (Å²) in [5.41, 5.74) is 0.501. The largest absolute Gasteiger partial charge is 0.378 e. The average Bonchev–Trinajstić information content (AvgIpc) is 2.60. The number of aromatic nitrogens is 2. The van der Waals surface area contributed by atoms with Gasteiger partial charge in [-0.15, -0.1) is 0 Å². The Labute approximate surface area is 150 Å². The van der Waals surface area contributed by atoms with Crippen LogP contribution in [-0.4, -0.2) is 77.2 Å². The van der Waals surface area contributed by atoms with Gasteiger partial charge in [-0.05, 0) is 6.42 Å². The van der Waals surface area contributed by atoms with Crippen molar-refractivity contribution in [2.45, 2.75) is 24.9 Å². The molecule has 0 saturated carbocycles. The van der Waals surface area contributed by atoms with Gasteiger partial charge in [-0.1, -0.05) is 25.1 Å². The van der Waals surface area contributed by atoms with Gasteiger partial charge in [-0.25, -0.2) is 4.98 Å². The molecule has 8 nitrogen and oxygen atoms in total. The van der Waals surface area contributed by atoms with Crippen LogP contribution in [0.25, 0.3) is 0 Å². The number of carbonyl (C=O) groups excluding carboxylic acids is 2. The highest BCUT2D eigenvalue weighted by molar-refractivity contribution is 7.99. The normalized spacial score (nSPS) is 14.4. The lowest BCUT2D eigenvalue weighted by Gasteiger charge is -2.28. The van der Waals surface area contributed by atoms with Crippen LogP contribution < -0.4 is 5.56 Å². The summed E-state index contributed by atoms with van der Waals surface area (Å²) >= 11 is 1.17. The molecule has 1 saturated heterocycles. The molecule has 2 rings (SSSR count). The van der Waals surface area contributed by atoms with Crippen molar-refractivity contribution < 1.29 is 14.3 Å². The Kier molecular flexibility index (Phi) is 7.45. The third kappa shape index (κ3) is 6.17.